The lowest BCUT2D eigenvalue weighted by Crippen LogP contribution is -2.25. The monoisotopic (exact) mass is 876 g/mol. The third-order valence-corrected chi connectivity index (χ3v) is 22.6. The highest BCUT2D eigenvalue weighted by Crippen LogP contribution is 2.71. The van der Waals surface area contributed by atoms with Gasteiger partial charge in [0.1, 0.15) is 0 Å². The molecule has 0 saturated heterocycles. The quantitative estimate of drug-likeness (QED) is 0.151. The van der Waals surface area contributed by atoms with Gasteiger partial charge in [-0.15, -0.1) is 68.9 Å². The van der Waals surface area contributed by atoms with Crippen molar-refractivity contribution in [1.29, 1.82) is 0 Å². The molecule has 0 nitrogen and oxygen atoms in total. The van der Waals surface area contributed by atoms with E-state index in [2.05, 4.69) is 216 Å². The second-order valence-electron chi connectivity index (χ2n) is 22.7. The Labute approximate surface area is 371 Å². The van der Waals surface area contributed by atoms with Gasteiger partial charge in [0.2, 0.25) is 0 Å². The fourth-order valence-electron chi connectivity index (χ4n) is 9.76. The molecule has 6 heteroatoms. The molecule has 1 aliphatic carbocycles. The van der Waals surface area contributed by atoms with Crippen molar-refractivity contribution in [2.24, 2.45) is 22.7 Å². The number of allylic oxidation sites excluding steroid dienone is 4. The number of rotatable bonds is 1. The zero-order valence-electron chi connectivity index (χ0n) is 37.4. The Balaban J connectivity index is 1.52. The molecule has 0 radical (unpaired) electrons. The summed E-state index contributed by atoms with van der Waals surface area (Å²) < 4.78 is 6.08. The van der Waals surface area contributed by atoms with E-state index in [-0.39, 0.29) is 27.1 Å². The Kier molecular flexibility index (Phi) is 8.79. The normalized spacial score (nSPS) is 21.9. The van der Waals surface area contributed by atoms with Gasteiger partial charge in [-0.05, 0) is 78.7 Å². The maximum atomic E-state index is 2.76. The lowest BCUT2D eigenvalue weighted by molar-refractivity contribution is 0.434. The third-order valence-electron chi connectivity index (χ3n) is 13.0. The molecule has 4 atom stereocenters. The minimum Gasteiger partial charge on any atom is -0.140 e. The first kappa shape index (κ1) is 40.3. The molecule has 0 spiro atoms. The van der Waals surface area contributed by atoms with Crippen molar-refractivity contribution in [2.75, 3.05) is 0 Å². The number of aryl methyl sites for hydroxylation is 1. The fourth-order valence-corrected chi connectivity index (χ4v) is 18.1. The van der Waals surface area contributed by atoms with Gasteiger partial charge in [0.15, 0.2) is 0 Å². The molecular weight excluding hydrogens is 817 g/mol. The highest BCUT2D eigenvalue weighted by Gasteiger charge is 2.52. The highest BCUT2D eigenvalue weighted by molar-refractivity contribution is 8.04. The summed E-state index contributed by atoms with van der Waals surface area (Å²) in [5.41, 5.74) is 3.75. The second-order valence-corrected chi connectivity index (χ2v) is 29.4. The molecule has 7 aromatic rings. The van der Waals surface area contributed by atoms with Crippen LogP contribution in [0, 0.1) is 22.7 Å². The van der Waals surface area contributed by atoms with Crippen LogP contribution in [0.25, 0.3) is 61.9 Å². The van der Waals surface area contributed by atoms with Gasteiger partial charge in [-0.25, -0.2) is 0 Å². The summed E-state index contributed by atoms with van der Waals surface area (Å²) in [4.78, 5) is 9.14. The fraction of sp³-hybridized carbons (Fsp3) is 0.500. The van der Waals surface area contributed by atoms with Gasteiger partial charge in [-0.2, -0.15) is 0 Å². The van der Waals surface area contributed by atoms with Crippen LogP contribution in [-0.2, 0) is 22.7 Å². The van der Waals surface area contributed by atoms with Crippen molar-refractivity contribution >= 4 is 131 Å². The van der Waals surface area contributed by atoms with Gasteiger partial charge < -0.3 is 0 Å². The number of thioether (sulfide) groups is 2. The molecule has 4 unspecified atom stereocenters. The molecule has 3 aromatic carbocycles. The van der Waals surface area contributed by atoms with Crippen molar-refractivity contribution in [3.05, 3.63) is 76.9 Å². The van der Waals surface area contributed by atoms with Crippen molar-refractivity contribution in [3.63, 3.8) is 0 Å². The minimum atomic E-state index is 0.0601. The van der Waals surface area contributed by atoms with E-state index in [4.69, 9.17) is 0 Å². The second kappa shape index (κ2) is 12.7. The van der Waals surface area contributed by atoms with Crippen LogP contribution >= 0.6 is 68.9 Å². The van der Waals surface area contributed by atoms with E-state index in [1.807, 2.05) is 0 Å². The first-order valence-corrected chi connectivity index (χ1v) is 26.5. The molecule has 304 valence electrons. The van der Waals surface area contributed by atoms with Crippen LogP contribution in [0.3, 0.4) is 0 Å². The number of fused-ring (bicyclic) bond motifs is 21. The summed E-state index contributed by atoms with van der Waals surface area (Å²) in [7, 11) is 0. The molecular formula is C52H60S6. The first-order valence-electron chi connectivity index (χ1n) is 21.5. The van der Waals surface area contributed by atoms with E-state index in [1.165, 1.54) is 59.9 Å². The van der Waals surface area contributed by atoms with Gasteiger partial charge in [-0.3, -0.25) is 0 Å². The number of hydrogen-bond donors (Lipinski definition) is 0. The molecule has 4 aromatic heterocycles. The van der Waals surface area contributed by atoms with Crippen LogP contribution in [0.1, 0.15) is 152 Å². The number of thiophene rings is 4. The van der Waals surface area contributed by atoms with Gasteiger partial charge in [0, 0.05) is 104 Å². The van der Waals surface area contributed by atoms with Crippen LogP contribution < -0.4 is 0 Å². The SMILES string of the molecule is CCc1cc2c3cc(C(C)(C)C)sc3c3c(c4c(c5c6sc(C(C)(C)C)cc6c6cc(C(C)(C)C)sc6c53)C3SC(C(C)(C)C)=CC3C3C=C(C(C)(C)C)SC43)c2s1. The summed E-state index contributed by atoms with van der Waals surface area (Å²) in [6.45, 7) is 38.7. The van der Waals surface area contributed by atoms with E-state index in [9.17, 15) is 0 Å². The van der Waals surface area contributed by atoms with Crippen molar-refractivity contribution in [1.82, 2.24) is 0 Å². The lowest BCUT2D eigenvalue weighted by Gasteiger charge is -2.39. The summed E-state index contributed by atoms with van der Waals surface area (Å²) in [5.74, 6) is 0.936. The van der Waals surface area contributed by atoms with Gasteiger partial charge >= 0.3 is 0 Å². The average molecular weight is 877 g/mol. The van der Waals surface area contributed by atoms with Crippen LogP contribution in [0.2, 0.25) is 0 Å². The zero-order chi connectivity index (χ0) is 41.5. The maximum Gasteiger partial charge on any atom is 0.0438 e. The van der Waals surface area contributed by atoms with E-state index < -0.39 is 0 Å². The largest absolute Gasteiger partial charge is 0.140 e. The Morgan fingerprint density at radius 3 is 1.07 bits per heavy atom. The molecule has 0 saturated carbocycles. The van der Waals surface area contributed by atoms with E-state index >= 15 is 0 Å². The molecule has 0 amide bonds. The average Bonchev–Trinajstić information content (AvgIpc) is 3.94. The lowest BCUT2D eigenvalue weighted by atomic mass is 9.71. The minimum absolute atomic E-state index is 0.0601. The topological polar surface area (TPSA) is 0 Å². The Morgan fingerprint density at radius 1 is 0.414 bits per heavy atom. The van der Waals surface area contributed by atoms with Crippen LogP contribution in [0.5, 0.6) is 0 Å². The molecule has 0 bridgehead atoms. The van der Waals surface area contributed by atoms with Gasteiger partial charge in [0.05, 0.1) is 0 Å². The summed E-state index contributed by atoms with van der Waals surface area (Å²) >= 11 is 12.9. The Morgan fingerprint density at radius 2 is 0.741 bits per heavy atom. The zero-order valence-corrected chi connectivity index (χ0v) is 42.3. The molecule has 0 N–H and O–H groups in total. The predicted octanol–water partition coefficient (Wildman–Crippen LogP) is 19.0. The van der Waals surface area contributed by atoms with E-state index in [1.54, 1.807) is 42.5 Å². The summed E-state index contributed by atoms with van der Waals surface area (Å²) in [5, 5.41) is 12.9. The summed E-state index contributed by atoms with van der Waals surface area (Å²) in [6.07, 6.45) is 6.59. The summed E-state index contributed by atoms with van der Waals surface area (Å²) in [6, 6.07) is 10.4. The van der Waals surface area contributed by atoms with Crippen molar-refractivity contribution in [2.45, 2.75) is 144 Å². The number of benzene rings is 3. The number of hydrogen-bond acceptors (Lipinski definition) is 6. The van der Waals surface area contributed by atoms with Gasteiger partial charge in [-0.1, -0.05) is 123 Å². The van der Waals surface area contributed by atoms with E-state index in [0.29, 0.717) is 22.3 Å². The molecule has 58 heavy (non-hydrogen) atoms. The highest BCUT2D eigenvalue weighted by atomic mass is 32.2. The smallest absolute Gasteiger partial charge is 0.0438 e. The van der Waals surface area contributed by atoms with Crippen LogP contribution in [0.15, 0.2) is 46.2 Å². The Bertz CT molecular complexity index is 2960. The Hall–Kier alpha value is -1.80. The molecule has 10 rings (SSSR count). The predicted molar refractivity (Wildman–Crippen MR) is 271 cm³/mol. The van der Waals surface area contributed by atoms with E-state index in [0.717, 1.165) is 6.42 Å². The van der Waals surface area contributed by atoms with Crippen molar-refractivity contribution in [3.8, 4) is 0 Å². The standard InChI is InChI=1S/C52H60S6/c1-17-24-18-25-26-19-31(48(2,3)4)54-43(26)37-36(42(25)53-24)38-40(46-28(21-33(57-46)50(8,9)10)27-20-32(49(5,6)7)55-44(27)38)41-39(37)45-29(22-34(56-45)51(11,12)13)30-23-35(52(14,15)16)58-47(30)41/h18-23,27-28,44,46H,17H2,1-16H3. The maximum absolute atomic E-state index is 2.76. The first-order chi connectivity index (χ1) is 26.9. The molecule has 2 aliphatic heterocycles. The third kappa shape index (κ3) is 5.83. The molecule has 6 heterocycles. The van der Waals surface area contributed by atoms with Crippen molar-refractivity contribution < 1.29 is 0 Å². The van der Waals surface area contributed by atoms with Crippen LogP contribution in [-0.4, -0.2) is 0 Å². The van der Waals surface area contributed by atoms with Gasteiger partial charge in [0.25, 0.3) is 0 Å². The molecule has 3 aliphatic rings. The van der Waals surface area contributed by atoms with Crippen LogP contribution in [0.4, 0.5) is 0 Å². The molecule has 0 fully saturated rings.